The molecule has 0 aromatic heterocycles. The normalized spacial score (nSPS) is 20.2. The van der Waals surface area contributed by atoms with Crippen LogP contribution >= 0.6 is 0 Å². The van der Waals surface area contributed by atoms with Crippen LogP contribution in [0.5, 0.6) is 0 Å². The van der Waals surface area contributed by atoms with Crippen LogP contribution in [0.15, 0.2) is 18.2 Å². The van der Waals surface area contributed by atoms with Gasteiger partial charge in [0.1, 0.15) is 0 Å². The number of amides is 1. The lowest BCUT2D eigenvalue weighted by Gasteiger charge is -2.27. The van der Waals surface area contributed by atoms with Gasteiger partial charge in [-0.3, -0.25) is 4.79 Å². The van der Waals surface area contributed by atoms with Gasteiger partial charge in [-0.25, -0.2) is 0 Å². The predicted molar refractivity (Wildman–Crippen MR) is 87.1 cm³/mol. The number of carbonyl (C=O) groups excluding carboxylic acids is 1. The maximum absolute atomic E-state index is 12.3. The quantitative estimate of drug-likeness (QED) is 0.927. The molecule has 2 rings (SSSR count). The molecular formula is C18H28N2O. The van der Waals surface area contributed by atoms with E-state index in [0.29, 0.717) is 13.0 Å². The number of aryl methyl sites for hydroxylation is 2. The van der Waals surface area contributed by atoms with E-state index in [0.717, 1.165) is 24.9 Å². The summed E-state index contributed by atoms with van der Waals surface area (Å²) in [5.74, 6) is 0.251. The molecule has 21 heavy (non-hydrogen) atoms. The molecule has 3 nitrogen and oxygen atoms in total. The molecule has 0 aliphatic carbocycles. The molecule has 1 aromatic rings. The van der Waals surface area contributed by atoms with Gasteiger partial charge in [0.2, 0.25) is 5.91 Å². The van der Waals surface area contributed by atoms with Crippen molar-refractivity contribution in [3.8, 4) is 0 Å². The first-order chi connectivity index (χ1) is 9.78. The van der Waals surface area contributed by atoms with E-state index in [2.05, 4.69) is 45.9 Å². The molecule has 1 saturated heterocycles. The highest BCUT2D eigenvalue weighted by Gasteiger charge is 2.28. The fraction of sp³-hybridized carbons (Fsp3) is 0.611. The Kier molecular flexibility index (Phi) is 4.72. The Balaban J connectivity index is 2.09. The van der Waals surface area contributed by atoms with E-state index in [-0.39, 0.29) is 17.4 Å². The second-order valence-electron chi connectivity index (χ2n) is 7.22. The van der Waals surface area contributed by atoms with E-state index in [1.54, 1.807) is 0 Å². The summed E-state index contributed by atoms with van der Waals surface area (Å²) in [4.78, 5) is 14.3. The van der Waals surface area contributed by atoms with E-state index < -0.39 is 0 Å². The molecule has 1 unspecified atom stereocenters. The van der Waals surface area contributed by atoms with Crippen LogP contribution in [0.2, 0.25) is 0 Å². The maximum Gasteiger partial charge on any atom is 0.222 e. The minimum absolute atomic E-state index is 0.102. The van der Waals surface area contributed by atoms with Crippen LogP contribution in [-0.2, 0) is 4.79 Å². The summed E-state index contributed by atoms with van der Waals surface area (Å²) < 4.78 is 0. The Bertz CT molecular complexity index is 522. The average Bonchev–Trinajstić information content (AvgIpc) is 2.54. The fourth-order valence-electron chi connectivity index (χ4n) is 2.98. The summed E-state index contributed by atoms with van der Waals surface area (Å²) in [5.41, 5.74) is 10.2. The van der Waals surface area contributed by atoms with Crippen molar-refractivity contribution in [3.05, 3.63) is 34.9 Å². The standard InChI is InChI=1S/C18H28N2O/c1-13-5-6-14(2)15(11-13)16(19)12-20-10-9-18(3,4)8-7-17(20)21/h5-6,11,16H,7-10,12,19H2,1-4H3. The predicted octanol–water partition coefficient (Wildman–Crippen LogP) is 3.34. The van der Waals surface area contributed by atoms with Crippen molar-refractivity contribution in [2.75, 3.05) is 13.1 Å². The van der Waals surface area contributed by atoms with Crippen LogP contribution in [0.3, 0.4) is 0 Å². The molecule has 116 valence electrons. The van der Waals surface area contributed by atoms with E-state index in [4.69, 9.17) is 5.73 Å². The van der Waals surface area contributed by atoms with Gasteiger partial charge in [-0.2, -0.15) is 0 Å². The summed E-state index contributed by atoms with van der Waals surface area (Å²) in [6.07, 6.45) is 2.67. The molecule has 1 aliphatic heterocycles. The lowest BCUT2D eigenvalue weighted by atomic mass is 9.85. The van der Waals surface area contributed by atoms with Gasteiger partial charge in [0.25, 0.3) is 0 Å². The Labute approximate surface area is 128 Å². The monoisotopic (exact) mass is 288 g/mol. The smallest absolute Gasteiger partial charge is 0.222 e. The van der Waals surface area contributed by atoms with Gasteiger partial charge >= 0.3 is 0 Å². The van der Waals surface area contributed by atoms with E-state index >= 15 is 0 Å². The SMILES string of the molecule is Cc1ccc(C)c(C(N)CN2CCC(C)(C)CCC2=O)c1. The first kappa shape index (κ1) is 16.0. The van der Waals surface area contributed by atoms with Gasteiger partial charge in [0, 0.05) is 25.6 Å². The number of rotatable bonds is 3. The van der Waals surface area contributed by atoms with Gasteiger partial charge in [-0.05, 0) is 43.2 Å². The molecular weight excluding hydrogens is 260 g/mol. The van der Waals surface area contributed by atoms with Crippen LogP contribution < -0.4 is 5.73 Å². The third-order valence-corrected chi connectivity index (χ3v) is 4.68. The highest BCUT2D eigenvalue weighted by molar-refractivity contribution is 5.76. The number of benzene rings is 1. The van der Waals surface area contributed by atoms with Crippen LogP contribution in [0.1, 0.15) is 55.8 Å². The van der Waals surface area contributed by atoms with E-state index in [9.17, 15) is 4.79 Å². The lowest BCUT2D eigenvalue weighted by Crippen LogP contribution is -2.37. The molecule has 1 fully saturated rings. The highest BCUT2D eigenvalue weighted by atomic mass is 16.2. The van der Waals surface area contributed by atoms with Gasteiger partial charge in [-0.1, -0.05) is 37.6 Å². The van der Waals surface area contributed by atoms with Crippen molar-refractivity contribution in [3.63, 3.8) is 0 Å². The third kappa shape index (κ3) is 4.07. The van der Waals surface area contributed by atoms with E-state index in [1.807, 2.05) is 4.90 Å². The Morgan fingerprint density at radius 2 is 2.00 bits per heavy atom. The van der Waals surface area contributed by atoms with Crippen LogP contribution in [0.4, 0.5) is 0 Å². The molecule has 0 spiro atoms. The average molecular weight is 288 g/mol. The van der Waals surface area contributed by atoms with Crippen LogP contribution in [0.25, 0.3) is 0 Å². The van der Waals surface area contributed by atoms with E-state index in [1.165, 1.54) is 11.1 Å². The van der Waals surface area contributed by atoms with Crippen molar-refractivity contribution < 1.29 is 4.79 Å². The zero-order valence-electron chi connectivity index (χ0n) is 13.8. The molecule has 3 heteroatoms. The zero-order valence-corrected chi connectivity index (χ0v) is 13.8. The third-order valence-electron chi connectivity index (χ3n) is 4.68. The molecule has 2 N–H and O–H groups in total. The van der Waals surface area contributed by atoms with Gasteiger partial charge in [0.15, 0.2) is 0 Å². The fourth-order valence-corrected chi connectivity index (χ4v) is 2.98. The Morgan fingerprint density at radius 1 is 1.29 bits per heavy atom. The van der Waals surface area contributed by atoms with Crippen molar-refractivity contribution in [2.45, 2.75) is 53.0 Å². The lowest BCUT2D eigenvalue weighted by molar-refractivity contribution is -0.131. The minimum Gasteiger partial charge on any atom is -0.341 e. The number of nitrogens with two attached hydrogens (primary N) is 1. The number of likely N-dealkylation sites (tertiary alicyclic amines) is 1. The Morgan fingerprint density at radius 3 is 2.71 bits per heavy atom. The minimum atomic E-state index is -0.102. The summed E-state index contributed by atoms with van der Waals surface area (Å²) in [6, 6.07) is 6.25. The summed E-state index contributed by atoms with van der Waals surface area (Å²) in [5, 5.41) is 0. The highest BCUT2D eigenvalue weighted by Crippen LogP contribution is 2.31. The molecule has 1 atom stereocenters. The molecule has 0 bridgehead atoms. The topological polar surface area (TPSA) is 46.3 Å². The van der Waals surface area contributed by atoms with Gasteiger partial charge in [-0.15, -0.1) is 0 Å². The van der Waals surface area contributed by atoms with Gasteiger partial charge in [0.05, 0.1) is 0 Å². The maximum atomic E-state index is 12.3. The summed E-state index contributed by atoms with van der Waals surface area (Å²) >= 11 is 0. The number of carbonyl (C=O) groups is 1. The molecule has 0 radical (unpaired) electrons. The number of hydrogen-bond donors (Lipinski definition) is 1. The van der Waals surface area contributed by atoms with Crippen molar-refractivity contribution in [1.29, 1.82) is 0 Å². The van der Waals surface area contributed by atoms with Crippen molar-refractivity contribution in [2.24, 2.45) is 11.1 Å². The van der Waals surface area contributed by atoms with Crippen LogP contribution in [0, 0.1) is 19.3 Å². The van der Waals surface area contributed by atoms with Gasteiger partial charge < -0.3 is 10.6 Å². The second-order valence-corrected chi connectivity index (χ2v) is 7.22. The zero-order chi connectivity index (χ0) is 15.6. The Hall–Kier alpha value is -1.35. The van der Waals surface area contributed by atoms with Crippen molar-refractivity contribution >= 4 is 5.91 Å². The molecule has 1 aromatic carbocycles. The molecule has 1 heterocycles. The summed E-state index contributed by atoms with van der Waals surface area (Å²) in [6.45, 7) is 10.1. The summed E-state index contributed by atoms with van der Waals surface area (Å²) in [7, 11) is 0. The number of nitrogens with zero attached hydrogens (tertiary/aromatic N) is 1. The number of hydrogen-bond acceptors (Lipinski definition) is 2. The van der Waals surface area contributed by atoms with Crippen LogP contribution in [-0.4, -0.2) is 23.9 Å². The second kappa shape index (κ2) is 6.18. The first-order valence-electron chi connectivity index (χ1n) is 7.89. The largest absolute Gasteiger partial charge is 0.341 e. The van der Waals surface area contributed by atoms with Crippen molar-refractivity contribution in [1.82, 2.24) is 4.90 Å². The first-order valence-corrected chi connectivity index (χ1v) is 7.89. The molecule has 0 saturated carbocycles. The molecule has 1 aliphatic rings. The molecule has 1 amide bonds.